The first-order valence-corrected chi connectivity index (χ1v) is 7.02. The maximum absolute atomic E-state index is 4.67. The molecule has 16 heavy (non-hydrogen) atoms. The van der Waals surface area contributed by atoms with Gasteiger partial charge in [-0.1, -0.05) is 13.3 Å². The Morgan fingerprint density at radius 3 is 3.19 bits per heavy atom. The minimum atomic E-state index is 0.676. The molecule has 2 rings (SSSR count). The lowest BCUT2D eigenvalue weighted by Crippen LogP contribution is -2.29. The van der Waals surface area contributed by atoms with Crippen LogP contribution in [0.1, 0.15) is 30.5 Å². The van der Waals surface area contributed by atoms with Crippen LogP contribution in [-0.2, 0) is 13.0 Å². The molecule has 1 fully saturated rings. The molecule has 1 aliphatic rings. The Morgan fingerprint density at radius 1 is 1.62 bits per heavy atom. The fraction of sp³-hybridized carbons (Fsp3) is 0.750. The van der Waals surface area contributed by atoms with Gasteiger partial charge in [0.15, 0.2) is 0 Å². The monoisotopic (exact) mass is 239 g/mol. The number of rotatable bonds is 5. The van der Waals surface area contributed by atoms with Crippen molar-refractivity contribution in [2.24, 2.45) is 0 Å². The van der Waals surface area contributed by atoms with Crippen molar-refractivity contribution in [3.8, 4) is 0 Å². The molecule has 1 aromatic heterocycles. The summed E-state index contributed by atoms with van der Waals surface area (Å²) >= 11 is 1.81. The third-order valence-electron chi connectivity index (χ3n) is 3.14. The summed E-state index contributed by atoms with van der Waals surface area (Å²) in [7, 11) is 2.05. The molecule has 1 N–H and O–H groups in total. The van der Waals surface area contributed by atoms with E-state index in [0.29, 0.717) is 6.04 Å². The van der Waals surface area contributed by atoms with Crippen LogP contribution in [0, 0.1) is 0 Å². The number of nitrogens with one attached hydrogen (secondary N) is 1. The minimum absolute atomic E-state index is 0.676. The molecule has 3 nitrogen and oxygen atoms in total. The fourth-order valence-corrected chi connectivity index (χ4v) is 3.07. The topological polar surface area (TPSA) is 28.2 Å². The molecular weight excluding hydrogens is 218 g/mol. The first-order chi connectivity index (χ1) is 7.81. The van der Waals surface area contributed by atoms with Crippen LogP contribution >= 0.6 is 11.3 Å². The smallest absolute Gasteiger partial charge is 0.107 e. The minimum Gasteiger partial charge on any atom is -0.316 e. The molecule has 0 bridgehead atoms. The van der Waals surface area contributed by atoms with Crippen molar-refractivity contribution in [2.75, 3.05) is 20.1 Å². The average molecular weight is 239 g/mol. The van der Waals surface area contributed by atoms with Crippen LogP contribution in [0.5, 0.6) is 0 Å². The largest absolute Gasteiger partial charge is 0.316 e. The zero-order valence-corrected chi connectivity index (χ0v) is 11.0. The Balaban J connectivity index is 1.84. The van der Waals surface area contributed by atoms with Crippen LogP contribution < -0.4 is 5.32 Å². The van der Waals surface area contributed by atoms with E-state index in [9.17, 15) is 0 Å². The van der Waals surface area contributed by atoms with Gasteiger partial charge in [0.1, 0.15) is 5.01 Å². The standard InChI is InChI=1S/C12H21N3S/c1-3-4-11-9-16-12(14-11)8-15-6-5-10(7-15)13-2/h9-10,13H,3-8H2,1-2H3. The van der Waals surface area contributed by atoms with Gasteiger partial charge < -0.3 is 5.32 Å². The maximum Gasteiger partial charge on any atom is 0.107 e. The lowest BCUT2D eigenvalue weighted by Gasteiger charge is -2.13. The van der Waals surface area contributed by atoms with Gasteiger partial charge in [0.05, 0.1) is 12.2 Å². The second-order valence-corrected chi connectivity index (χ2v) is 5.43. The van der Waals surface area contributed by atoms with E-state index in [0.717, 1.165) is 13.0 Å². The summed E-state index contributed by atoms with van der Waals surface area (Å²) in [6.45, 7) is 5.61. The van der Waals surface area contributed by atoms with Gasteiger partial charge in [-0.3, -0.25) is 4.90 Å². The number of nitrogens with zero attached hydrogens (tertiary/aromatic N) is 2. The highest BCUT2D eigenvalue weighted by atomic mass is 32.1. The summed E-state index contributed by atoms with van der Waals surface area (Å²) < 4.78 is 0. The third kappa shape index (κ3) is 3.03. The van der Waals surface area contributed by atoms with Crippen molar-refractivity contribution in [3.63, 3.8) is 0 Å². The predicted octanol–water partition coefficient (Wildman–Crippen LogP) is 1.89. The molecule has 0 amide bonds. The van der Waals surface area contributed by atoms with E-state index in [1.165, 1.54) is 36.6 Å². The molecule has 2 heterocycles. The van der Waals surface area contributed by atoms with Gasteiger partial charge >= 0.3 is 0 Å². The van der Waals surface area contributed by atoms with E-state index >= 15 is 0 Å². The number of likely N-dealkylation sites (tertiary alicyclic amines) is 1. The zero-order chi connectivity index (χ0) is 11.4. The van der Waals surface area contributed by atoms with Crippen LogP contribution in [-0.4, -0.2) is 36.1 Å². The number of hydrogen-bond donors (Lipinski definition) is 1. The number of aromatic nitrogens is 1. The van der Waals surface area contributed by atoms with Crippen molar-refractivity contribution in [1.29, 1.82) is 0 Å². The van der Waals surface area contributed by atoms with Gasteiger partial charge in [-0.05, 0) is 19.9 Å². The number of likely N-dealkylation sites (N-methyl/N-ethyl adjacent to an activating group) is 1. The summed E-state index contributed by atoms with van der Waals surface area (Å²) in [4.78, 5) is 7.17. The lowest BCUT2D eigenvalue weighted by molar-refractivity contribution is 0.321. The molecule has 1 atom stereocenters. The van der Waals surface area contributed by atoms with Crippen molar-refractivity contribution >= 4 is 11.3 Å². The Bertz CT molecular complexity index is 324. The van der Waals surface area contributed by atoms with E-state index in [1.807, 2.05) is 11.3 Å². The van der Waals surface area contributed by atoms with Gasteiger partial charge in [-0.25, -0.2) is 4.98 Å². The predicted molar refractivity (Wildman–Crippen MR) is 68.9 cm³/mol. The lowest BCUT2D eigenvalue weighted by atomic mass is 10.3. The van der Waals surface area contributed by atoms with Crippen LogP contribution in [0.25, 0.3) is 0 Å². The van der Waals surface area contributed by atoms with Crippen molar-refractivity contribution in [3.05, 3.63) is 16.1 Å². The SMILES string of the molecule is CCCc1csc(CN2CCC(NC)C2)n1. The maximum atomic E-state index is 4.67. The van der Waals surface area contributed by atoms with Gasteiger partial charge in [0, 0.05) is 24.5 Å². The highest BCUT2D eigenvalue weighted by molar-refractivity contribution is 7.09. The molecule has 90 valence electrons. The number of hydrogen-bond acceptors (Lipinski definition) is 4. The second-order valence-electron chi connectivity index (χ2n) is 4.49. The molecule has 0 saturated carbocycles. The Labute approximate surface area is 102 Å². The quantitative estimate of drug-likeness (QED) is 0.850. The van der Waals surface area contributed by atoms with E-state index < -0.39 is 0 Å². The molecule has 1 unspecified atom stereocenters. The molecule has 1 aromatic rings. The van der Waals surface area contributed by atoms with Gasteiger partial charge in [-0.15, -0.1) is 11.3 Å². The zero-order valence-electron chi connectivity index (χ0n) is 10.2. The summed E-state index contributed by atoms with van der Waals surface area (Å²) in [6.07, 6.45) is 3.58. The number of thiazole rings is 1. The molecule has 1 aliphatic heterocycles. The van der Waals surface area contributed by atoms with Gasteiger partial charge in [0.2, 0.25) is 0 Å². The molecular formula is C12H21N3S. The van der Waals surface area contributed by atoms with Crippen LogP contribution in [0.3, 0.4) is 0 Å². The second kappa shape index (κ2) is 5.75. The Morgan fingerprint density at radius 2 is 2.50 bits per heavy atom. The van der Waals surface area contributed by atoms with Crippen LogP contribution in [0.2, 0.25) is 0 Å². The normalized spacial score (nSPS) is 21.8. The Hall–Kier alpha value is -0.450. The van der Waals surface area contributed by atoms with E-state index in [1.54, 1.807) is 0 Å². The number of aryl methyl sites for hydroxylation is 1. The van der Waals surface area contributed by atoms with Gasteiger partial charge in [-0.2, -0.15) is 0 Å². The molecule has 0 spiro atoms. The van der Waals surface area contributed by atoms with E-state index in [-0.39, 0.29) is 0 Å². The molecule has 0 aromatic carbocycles. The van der Waals surface area contributed by atoms with E-state index in [4.69, 9.17) is 0 Å². The highest BCUT2D eigenvalue weighted by Crippen LogP contribution is 2.17. The highest BCUT2D eigenvalue weighted by Gasteiger charge is 2.21. The molecule has 0 radical (unpaired) electrons. The molecule has 0 aliphatic carbocycles. The molecule has 4 heteroatoms. The summed E-state index contributed by atoms with van der Waals surface area (Å²) in [5, 5.41) is 6.84. The van der Waals surface area contributed by atoms with Crippen LogP contribution in [0.15, 0.2) is 5.38 Å². The van der Waals surface area contributed by atoms with Crippen molar-refractivity contribution in [1.82, 2.24) is 15.2 Å². The summed E-state index contributed by atoms with van der Waals surface area (Å²) in [5.74, 6) is 0. The first kappa shape index (κ1) is 12.0. The summed E-state index contributed by atoms with van der Waals surface area (Å²) in [5.41, 5.74) is 1.27. The third-order valence-corrected chi connectivity index (χ3v) is 4.03. The summed E-state index contributed by atoms with van der Waals surface area (Å²) in [6, 6.07) is 0.676. The van der Waals surface area contributed by atoms with Crippen molar-refractivity contribution in [2.45, 2.75) is 38.8 Å². The Kier molecular flexibility index (Phi) is 4.32. The van der Waals surface area contributed by atoms with E-state index in [2.05, 4.69) is 34.6 Å². The fourth-order valence-electron chi connectivity index (χ4n) is 2.20. The average Bonchev–Trinajstić information content (AvgIpc) is 2.89. The van der Waals surface area contributed by atoms with Gasteiger partial charge in [0.25, 0.3) is 0 Å². The first-order valence-electron chi connectivity index (χ1n) is 6.14. The van der Waals surface area contributed by atoms with Crippen molar-refractivity contribution < 1.29 is 0 Å². The molecule has 1 saturated heterocycles. The van der Waals surface area contributed by atoms with Crippen LogP contribution in [0.4, 0.5) is 0 Å².